The van der Waals surface area contributed by atoms with Gasteiger partial charge in [-0.15, -0.1) is 0 Å². The molecule has 0 unspecified atom stereocenters. The van der Waals surface area contributed by atoms with Crippen LogP contribution in [0.1, 0.15) is 0 Å². The van der Waals surface area contributed by atoms with Gasteiger partial charge in [0.15, 0.2) is 5.82 Å². The van der Waals surface area contributed by atoms with Crippen molar-refractivity contribution in [2.75, 3.05) is 7.11 Å². The third-order valence-corrected chi connectivity index (χ3v) is 5.55. The number of halogens is 2. The van der Waals surface area contributed by atoms with Crippen molar-refractivity contribution in [3.8, 4) is 33.8 Å². The summed E-state index contributed by atoms with van der Waals surface area (Å²) in [5.74, 6) is 0.347. The second-order valence-corrected chi connectivity index (χ2v) is 7.60. The summed E-state index contributed by atoms with van der Waals surface area (Å²) in [5, 5.41) is 5.53. The molecule has 0 aliphatic carbocycles. The van der Waals surface area contributed by atoms with Crippen molar-refractivity contribution in [1.29, 1.82) is 0 Å². The van der Waals surface area contributed by atoms with E-state index in [2.05, 4.69) is 5.16 Å². The lowest BCUT2D eigenvalue weighted by molar-refractivity contribution is 0.415. The van der Waals surface area contributed by atoms with Gasteiger partial charge in [-0.2, -0.15) is 0 Å². The average molecular weight is 447 g/mol. The Morgan fingerprint density at radius 3 is 2.50 bits per heavy atom. The lowest BCUT2D eigenvalue weighted by atomic mass is 9.96. The summed E-state index contributed by atoms with van der Waals surface area (Å²) in [6, 6.07) is 18.7. The number of hydrogen-bond acceptors (Lipinski definition) is 4. The molecule has 7 heteroatoms. The van der Waals surface area contributed by atoms with E-state index >= 15 is 4.39 Å². The molecule has 0 radical (unpaired) electrons. The highest BCUT2D eigenvalue weighted by Gasteiger charge is 2.19. The highest BCUT2D eigenvalue weighted by molar-refractivity contribution is 6.30. The van der Waals surface area contributed by atoms with Gasteiger partial charge in [0.1, 0.15) is 17.8 Å². The minimum absolute atomic E-state index is 0.256. The molecule has 0 spiro atoms. The van der Waals surface area contributed by atoms with E-state index < -0.39 is 5.82 Å². The van der Waals surface area contributed by atoms with Gasteiger partial charge in [-0.05, 0) is 41.3 Å². The summed E-state index contributed by atoms with van der Waals surface area (Å²) in [4.78, 5) is 13.1. The average Bonchev–Trinajstić information content (AvgIpc) is 3.34. The third kappa shape index (κ3) is 3.35. The van der Waals surface area contributed by atoms with E-state index in [1.54, 1.807) is 54.7 Å². The lowest BCUT2D eigenvalue weighted by Crippen LogP contribution is -2.18. The zero-order valence-electron chi connectivity index (χ0n) is 16.9. The first-order valence-corrected chi connectivity index (χ1v) is 10.1. The molecule has 32 heavy (non-hydrogen) atoms. The quantitative estimate of drug-likeness (QED) is 0.334. The molecule has 0 saturated heterocycles. The van der Waals surface area contributed by atoms with E-state index in [0.29, 0.717) is 49.6 Å². The van der Waals surface area contributed by atoms with Crippen molar-refractivity contribution in [3.05, 3.63) is 100 Å². The second-order valence-electron chi connectivity index (χ2n) is 7.16. The Bertz CT molecular complexity index is 1510. The van der Waals surface area contributed by atoms with Crippen LogP contribution in [0.2, 0.25) is 5.02 Å². The van der Waals surface area contributed by atoms with Crippen molar-refractivity contribution >= 4 is 22.4 Å². The zero-order chi connectivity index (χ0) is 22.2. The van der Waals surface area contributed by atoms with Crippen LogP contribution >= 0.6 is 11.6 Å². The monoisotopic (exact) mass is 446 g/mol. The number of ether oxygens (including phenoxy) is 1. The molecule has 0 saturated carbocycles. The van der Waals surface area contributed by atoms with Crippen LogP contribution in [0.3, 0.4) is 0 Å². The van der Waals surface area contributed by atoms with Crippen LogP contribution in [-0.2, 0) is 0 Å². The molecule has 0 fully saturated rings. The summed E-state index contributed by atoms with van der Waals surface area (Å²) < 4.78 is 27.3. The molecular formula is C25H16ClFN2O3. The number of pyridine rings is 1. The van der Waals surface area contributed by atoms with Crippen LogP contribution in [0, 0.1) is 5.82 Å². The van der Waals surface area contributed by atoms with Crippen LogP contribution in [0.5, 0.6) is 5.75 Å². The molecule has 158 valence electrons. The molecule has 5 aromatic rings. The van der Waals surface area contributed by atoms with Crippen molar-refractivity contribution < 1.29 is 13.7 Å². The van der Waals surface area contributed by atoms with Crippen molar-refractivity contribution in [2.45, 2.75) is 0 Å². The molecule has 2 aromatic heterocycles. The van der Waals surface area contributed by atoms with Gasteiger partial charge in [0.25, 0.3) is 5.56 Å². The van der Waals surface area contributed by atoms with Crippen LogP contribution < -0.4 is 10.3 Å². The zero-order valence-corrected chi connectivity index (χ0v) is 17.6. The maximum absolute atomic E-state index is 15.3. The summed E-state index contributed by atoms with van der Waals surface area (Å²) in [5.41, 5.74) is 1.87. The van der Waals surface area contributed by atoms with E-state index in [9.17, 15) is 4.79 Å². The number of hydrogen-bond donors (Lipinski definition) is 0. The largest absolute Gasteiger partial charge is 0.496 e. The summed E-state index contributed by atoms with van der Waals surface area (Å²) in [7, 11) is 1.52. The van der Waals surface area contributed by atoms with Crippen LogP contribution in [-0.4, -0.2) is 16.8 Å². The van der Waals surface area contributed by atoms with E-state index in [-0.39, 0.29) is 5.56 Å². The van der Waals surface area contributed by atoms with Gasteiger partial charge in [-0.25, -0.2) is 4.39 Å². The molecule has 0 N–H and O–H groups in total. The Morgan fingerprint density at radius 2 is 1.78 bits per heavy atom. The molecule has 0 bridgehead atoms. The molecule has 0 aliphatic heterocycles. The van der Waals surface area contributed by atoms with Gasteiger partial charge in [-0.1, -0.05) is 47.1 Å². The van der Waals surface area contributed by atoms with Crippen LogP contribution in [0.15, 0.2) is 88.5 Å². The standard InChI is InChI=1S/C25H16ClFN2O3/c1-31-23-13-19(15-5-4-6-16(26)11-15)22(27)12-20(23)21-14-29(24-9-10-32-28-24)25(30)18-8-3-2-7-17(18)21/h2-14H,1H3. The Labute approximate surface area is 187 Å². The van der Waals surface area contributed by atoms with E-state index in [1.807, 2.05) is 12.1 Å². The Hall–Kier alpha value is -3.90. The minimum atomic E-state index is -0.439. The number of fused-ring (bicyclic) bond motifs is 1. The Balaban J connectivity index is 1.80. The smallest absolute Gasteiger partial charge is 0.264 e. The second kappa shape index (κ2) is 7.98. The fourth-order valence-corrected chi connectivity index (χ4v) is 4.01. The van der Waals surface area contributed by atoms with E-state index in [4.69, 9.17) is 20.9 Å². The molecular weight excluding hydrogens is 431 g/mol. The van der Waals surface area contributed by atoms with Crippen LogP contribution in [0.25, 0.3) is 38.8 Å². The van der Waals surface area contributed by atoms with Gasteiger partial charge < -0.3 is 9.26 Å². The Morgan fingerprint density at radius 1 is 0.969 bits per heavy atom. The number of aromatic nitrogens is 2. The van der Waals surface area contributed by atoms with Gasteiger partial charge in [-0.3, -0.25) is 9.36 Å². The van der Waals surface area contributed by atoms with Crippen LogP contribution in [0.4, 0.5) is 4.39 Å². The lowest BCUT2D eigenvalue weighted by Gasteiger charge is -2.16. The molecule has 0 amide bonds. The third-order valence-electron chi connectivity index (χ3n) is 5.31. The SMILES string of the molecule is COc1cc(-c2cccc(Cl)c2)c(F)cc1-c1cn(-c2ccon2)c(=O)c2ccccc12. The highest BCUT2D eigenvalue weighted by Crippen LogP contribution is 2.39. The first-order valence-electron chi connectivity index (χ1n) is 9.76. The van der Waals surface area contributed by atoms with E-state index in [1.165, 1.54) is 24.0 Å². The van der Waals surface area contributed by atoms with Crippen molar-refractivity contribution in [2.24, 2.45) is 0 Å². The van der Waals surface area contributed by atoms with Gasteiger partial charge >= 0.3 is 0 Å². The first kappa shape index (κ1) is 20.0. The predicted molar refractivity (Wildman–Crippen MR) is 122 cm³/mol. The molecule has 5 nitrogen and oxygen atoms in total. The Kier molecular flexibility index (Phi) is 4.99. The molecule has 0 aliphatic rings. The first-order chi connectivity index (χ1) is 15.6. The number of benzene rings is 3. The molecule has 0 atom stereocenters. The van der Waals surface area contributed by atoms with Crippen molar-refractivity contribution in [3.63, 3.8) is 0 Å². The normalized spacial score (nSPS) is 11.1. The molecule has 5 rings (SSSR count). The number of rotatable bonds is 4. The predicted octanol–water partition coefficient (Wildman–Crippen LogP) is 6.11. The molecule has 2 heterocycles. The van der Waals surface area contributed by atoms with Gasteiger partial charge in [0, 0.05) is 39.4 Å². The molecule has 3 aromatic carbocycles. The maximum Gasteiger partial charge on any atom is 0.264 e. The van der Waals surface area contributed by atoms with Crippen molar-refractivity contribution in [1.82, 2.24) is 9.72 Å². The van der Waals surface area contributed by atoms with Gasteiger partial charge in [0.2, 0.25) is 0 Å². The number of methoxy groups -OCH3 is 1. The minimum Gasteiger partial charge on any atom is -0.496 e. The summed E-state index contributed by atoms with van der Waals surface area (Å²) >= 11 is 6.09. The summed E-state index contributed by atoms with van der Waals surface area (Å²) in [6.45, 7) is 0. The number of nitrogens with zero attached hydrogens (tertiary/aromatic N) is 2. The topological polar surface area (TPSA) is 57.3 Å². The highest BCUT2D eigenvalue weighted by atomic mass is 35.5. The summed E-state index contributed by atoms with van der Waals surface area (Å²) in [6.07, 6.45) is 3.01. The maximum atomic E-state index is 15.3. The van der Waals surface area contributed by atoms with Gasteiger partial charge in [0.05, 0.1) is 7.11 Å². The fraction of sp³-hybridized carbons (Fsp3) is 0.0400. The van der Waals surface area contributed by atoms with E-state index in [0.717, 1.165) is 0 Å². The fourth-order valence-electron chi connectivity index (χ4n) is 3.82.